The lowest BCUT2D eigenvalue weighted by atomic mass is 9.35. The zero-order valence-electron chi connectivity index (χ0n) is 34.3. The summed E-state index contributed by atoms with van der Waals surface area (Å²) >= 11 is 0. The standard InChI is InChI=1S/C58H46BN/c1-58(2)54-25-13-12-22-50(54)52-38-53(49-23-14-26-56-51(49)24-15-35-59(56)46-20-10-5-11-21-46)57(39-55(52)58)60(47-32-29-42(30-33-47)40-16-6-3-7-17-40)48-34-31-44-36-43(27-28-45(44)37-48)41-18-8-4-9-19-41/h3-14,16-23,25-34,36-39H,15,24,35H2,1-2H3. The Labute approximate surface area is 354 Å². The van der Waals surface area contributed by atoms with Crippen molar-refractivity contribution >= 4 is 45.5 Å². The average molecular weight is 768 g/mol. The highest BCUT2D eigenvalue weighted by atomic mass is 15.1. The lowest BCUT2D eigenvalue weighted by molar-refractivity contribution is 0.660. The molecule has 0 bridgehead atoms. The second-order valence-corrected chi connectivity index (χ2v) is 17.2. The molecular formula is C58H46BN. The van der Waals surface area contributed by atoms with Crippen molar-refractivity contribution < 1.29 is 0 Å². The minimum absolute atomic E-state index is 0.159. The Morgan fingerprint density at radius 2 is 1.03 bits per heavy atom. The van der Waals surface area contributed by atoms with Crippen LogP contribution in [0.1, 0.15) is 37.0 Å². The van der Waals surface area contributed by atoms with Gasteiger partial charge in [-0.05, 0) is 115 Å². The van der Waals surface area contributed by atoms with Gasteiger partial charge in [-0.2, -0.15) is 0 Å². The fourth-order valence-corrected chi connectivity index (χ4v) is 10.3. The van der Waals surface area contributed by atoms with E-state index in [2.05, 4.69) is 225 Å². The van der Waals surface area contributed by atoms with Crippen molar-refractivity contribution in [3.8, 4) is 44.5 Å². The molecule has 0 fully saturated rings. The largest absolute Gasteiger partial charge is 0.310 e. The topological polar surface area (TPSA) is 3.24 Å². The molecule has 11 rings (SSSR count). The van der Waals surface area contributed by atoms with Crippen LogP contribution in [0.15, 0.2) is 206 Å². The first-order valence-corrected chi connectivity index (χ1v) is 21.5. The van der Waals surface area contributed by atoms with Crippen molar-refractivity contribution in [3.63, 3.8) is 0 Å². The monoisotopic (exact) mass is 767 g/mol. The van der Waals surface area contributed by atoms with E-state index in [1.54, 1.807) is 0 Å². The van der Waals surface area contributed by atoms with Crippen LogP contribution in [0.3, 0.4) is 0 Å². The maximum absolute atomic E-state index is 2.54. The molecular weight excluding hydrogens is 721 g/mol. The maximum atomic E-state index is 2.54. The van der Waals surface area contributed by atoms with Crippen LogP contribution in [0, 0.1) is 0 Å². The molecule has 0 saturated heterocycles. The summed E-state index contributed by atoms with van der Waals surface area (Å²) in [5, 5.41) is 2.45. The molecule has 286 valence electrons. The fourth-order valence-electron chi connectivity index (χ4n) is 10.3. The van der Waals surface area contributed by atoms with Gasteiger partial charge in [0.15, 0.2) is 0 Å². The zero-order valence-corrected chi connectivity index (χ0v) is 34.3. The lowest BCUT2D eigenvalue weighted by Gasteiger charge is -2.32. The SMILES string of the molecule is CC1(C)c2ccccc2-c2cc(-c3cccc4c3CCCB4c3ccccc3)c(N(c3ccc(-c4ccccc4)cc3)c3ccc4cc(-c5ccccc5)ccc4c3)cc21. The molecule has 0 spiro atoms. The van der Waals surface area contributed by atoms with E-state index in [4.69, 9.17) is 0 Å². The summed E-state index contributed by atoms with van der Waals surface area (Å²) in [6.07, 6.45) is 3.40. The van der Waals surface area contributed by atoms with Crippen molar-refractivity contribution in [1.29, 1.82) is 0 Å². The highest BCUT2D eigenvalue weighted by Gasteiger charge is 2.38. The fraction of sp³-hybridized carbons (Fsp3) is 0.103. The summed E-state index contributed by atoms with van der Waals surface area (Å²) in [4.78, 5) is 2.53. The van der Waals surface area contributed by atoms with Gasteiger partial charge in [-0.1, -0.05) is 201 Å². The molecule has 0 radical (unpaired) electrons. The van der Waals surface area contributed by atoms with Crippen LogP contribution < -0.4 is 15.8 Å². The summed E-state index contributed by atoms with van der Waals surface area (Å²) in [5.74, 6) is 0. The number of nitrogens with zero attached hydrogens (tertiary/aromatic N) is 1. The first-order chi connectivity index (χ1) is 29.5. The van der Waals surface area contributed by atoms with E-state index in [1.807, 2.05) is 0 Å². The molecule has 0 atom stereocenters. The normalized spacial score (nSPS) is 13.7. The molecule has 1 heterocycles. The molecule has 0 saturated carbocycles. The number of hydrogen-bond donors (Lipinski definition) is 0. The van der Waals surface area contributed by atoms with Crippen molar-refractivity contribution in [2.24, 2.45) is 0 Å². The molecule has 2 aliphatic rings. The second-order valence-electron chi connectivity index (χ2n) is 17.2. The summed E-state index contributed by atoms with van der Waals surface area (Å²) in [7, 11) is 0. The van der Waals surface area contributed by atoms with Crippen LogP contribution in [0.4, 0.5) is 17.1 Å². The summed E-state index contributed by atoms with van der Waals surface area (Å²) in [6.45, 7) is 5.18. The van der Waals surface area contributed by atoms with E-state index < -0.39 is 0 Å². The van der Waals surface area contributed by atoms with E-state index in [0.717, 1.165) is 17.8 Å². The minimum Gasteiger partial charge on any atom is -0.310 e. The van der Waals surface area contributed by atoms with Crippen LogP contribution in [0.2, 0.25) is 6.32 Å². The minimum atomic E-state index is -0.159. The maximum Gasteiger partial charge on any atom is 0.209 e. The van der Waals surface area contributed by atoms with E-state index >= 15 is 0 Å². The number of fused-ring (bicyclic) bond motifs is 5. The zero-order chi connectivity index (χ0) is 40.2. The molecule has 9 aromatic carbocycles. The molecule has 0 amide bonds. The second kappa shape index (κ2) is 14.7. The molecule has 0 N–H and O–H groups in total. The third kappa shape index (κ3) is 6.18. The summed E-state index contributed by atoms with van der Waals surface area (Å²) in [6, 6.07) is 76.9. The Kier molecular flexibility index (Phi) is 8.89. The van der Waals surface area contributed by atoms with Crippen LogP contribution in [0.25, 0.3) is 55.3 Å². The predicted molar refractivity (Wildman–Crippen MR) is 257 cm³/mol. The third-order valence-corrected chi connectivity index (χ3v) is 13.4. The van der Waals surface area contributed by atoms with Gasteiger partial charge in [-0.25, -0.2) is 0 Å². The highest BCUT2D eigenvalue weighted by molar-refractivity contribution is 6.85. The third-order valence-electron chi connectivity index (χ3n) is 13.4. The average Bonchev–Trinajstić information content (AvgIpc) is 3.54. The Morgan fingerprint density at radius 1 is 0.433 bits per heavy atom. The van der Waals surface area contributed by atoms with Gasteiger partial charge in [-0.15, -0.1) is 0 Å². The highest BCUT2D eigenvalue weighted by Crippen LogP contribution is 2.54. The van der Waals surface area contributed by atoms with Gasteiger partial charge in [0.25, 0.3) is 0 Å². The van der Waals surface area contributed by atoms with Crippen LogP contribution in [0.5, 0.6) is 0 Å². The van der Waals surface area contributed by atoms with Gasteiger partial charge in [-0.3, -0.25) is 0 Å². The van der Waals surface area contributed by atoms with Gasteiger partial charge >= 0.3 is 0 Å². The first-order valence-electron chi connectivity index (χ1n) is 21.5. The lowest BCUT2D eigenvalue weighted by Crippen LogP contribution is -2.46. The quantitative estimate of drug-likeness (QED) is 0.146. The molecule has 0 unspecified atom stereocenters. The van der Waals surface area contributed by atoms with Crippen molar-refractivity contribution in [3.05, 3.63) is 223 Å². The van der Waals surface area contributed by atoms with E-state index in [-0.39, 0.29) is 5.41 Å². The van der Waals surface area contributed by atoms with Gasteiger partial charge in [0.1, 0.15) is 0 Å². The molecule has 1 aliphatic heterocycles. The molecule has 0 aromatic heterocycles. The Bertz CT molecular complexity index is 3020. The summed E-state index contributed by atoms with van der Waals surface area (Å²) < 4.78 is 0. The Balaban J connectivity index is 1.15. The van der Waals surface area contributed by atoms with E-state index in [1.165, 1.54) is 101 Å². The molecule has 1 aliphatic carbocycles. The first kappa shape index (κ1) is 36.2. The van der Waals surface area contributed by atoms with E-state index in [0.29, 0.717) is 6.71 Å². The molecule has 2 heteroatoms. The van der Waals surface area contributed by atoms with Gasteiger partial charge in [0.05, 0.1) is 5.69 Å². The van der Waals surface area contributed by atoms with Crippen LogP contribution in [-0.4, -0.2) is 6.71 Å². The molecule has 1 nitrogen and oxygen atoms in total. The Hall–Kier alpha value is -6.90. The predicted octanol–water partition coefficient (Wildman–Crippen LogP) is 14.2. The van der Waals surface area contributed by atoms with Crippen molar-refractivity contribution in [1.82, 2.24) is 0 Å². The van der Waals surface area contributed by atoms with Crippen molar-refractivity contribution in [2.75, 3.05) is 4.90 Å². The van der Waals surface area contributed by atoms with Gasteiger partial charge in [0.2, 0.25) is 6.71 Å². The Morgan fingerprint density at radius 3 is 1.80 bits per heavy atom. The number of hydrogen-bond acceptors (Lipinski definition) is 1. The number of anilines is 3. The smallest absolute Gasteiger partial charge is 0.209 e. The van der Waals surface area contributed by atoms with Gasteiger partial charge in [0, 0.05) is 22.4 Å². The summed E-state index contributed by atoms with van der Waals surface area (Å²) in [5.41, 5.74) is 20.6. The van der Waals surface area contributed by atoms with Gasteiger partial charge < -0.3 is 4.90 Å². The van der Waals surface area contributed by atoms with Crippen molar-refractivity contribution in [2.45, 2.75) is 38.4 Å². The number of rotatable bonds is 7. The molecule has 9 aromatic rings. The van der Waals surface area contributed by atoms with E-state index in [9.17, 15) is 0 Å². The van der Waals surface area contributed by atoms with Crippen LogP contribution >= 0.6 is 0 Å². The van der Waals surface area contributed by atoms with Crippen LogP contribution in [-0.2, 0) is 11.8 Å². The molecule has 60 heavy (non-hydrogen) atoms. The number of benzene rings is 9.